The van der Waals surface area contributed by atoms with Crippen molar-refractivity contribution in [2.24, 2.45) is 5.92 Å². The third-order valence-electron chi connectivity index (χ3n) is 4.30. The molecule has 1 saturated carbocycles. The molecule has 1 aromatic carbocycles. The number of benzene rings is 1. The van der Waals surface area contributed by atoms with E-state index in [4.69, 9.17) is 9.47 Å². The van der Waals surface area contributed by atoms with Crippen molar-refractivity contribution in [1.82, 2.24) is 9.55 Å². The average molecular weight is 302 g/mol. The molecule has 0 radical (unpaired) electrons. The molecule has 1 aliphatic carbocycles. The lowest BCUT2D eigenvalue weighted by Crippen LogP contribution is -2.30. The van der Waals surface area contributed by atoms with Crippen LogP contribution < -0.4 is 4.74 Å². The SMILES string of the molecule is O=C(O)c1cc(OCC2CC2)c2ncn(CC3CCO3)c2c1. The van der Waals surface area contributed by atoms with Crippen LogP contribution in [0.1, 0.15) is 29.6 Å². The van der Waals surface area contributed by atoms with Gasteiger partial charge in [-0.25, -0.2) is 9.78 Å². The number of aromatic carboxylic acids is 1. The normalized spacial score (nSPS) is 20.8. The molecule has 6 heteroatoms. The van der Waals surface area contributed by atoms with E-state index in [1.165, 1.54) is 12.8 Å². The molecule has 1 saturated heterocycles. The van der Waals surface area contributed by atoms with Crippen LogP contribution >= 0.6 is 0 Å². The minimum Gasteiger partial charge on any atom is -0.491 e. The Labute approximate surface area is 127 Å². The quantitative estimate of drug-likeness (QED) is 0.886. The van der Waals surface area contributed by atoms with Crippen LogP contribution in [0.3, 0.4) is 0 Å². The third kappa shape index (κ3) is 2.54. The van der Waals surface area contributed by atoms with E-state index in [0.29, 0.717) is 24.8 Å². The van der Waals surface area contributed by atoms with E-state index in [1.54, 1.807) is 18.5 Å². The summed E-state index contributed by atoms with van der Waals surface area (Å²) >= 11 is 0. The van der Waals surface area contributed by atoms with Gasteiger partial charge in [-0.2, -0.15) is 0 Å². The Hall–Kier alpha value is -2.08. The van der Waals surface area contributed by atoms with Gasteiger partial charge in [0.15, 0.2) is 0 Å². The maximum absolute atomic E-state index is 11.4. The summed E-state index contributed by atoms with van der Waals surface area (Å²) in [4.78, 5) is 15.8. The van der Waals surface area contributed by atoms with E-state index >= 15 is 0 Å². The third-order valence-corrected chi connectivity index (χ3v) is 4.30. The molecule has 1 N–H and O–H groups in total. The first-order valence-electron chi connectivity index (χ1n) is 7.67. The summed E-state index contributed by atoms with van der Waals surface area (Å²) in [5.41, 5.74) is 1.75. The van der Waals surface area contributed by atoms with Crippen molar-refractivity contribution in [3.05, 3.63) is 24.0 Å². The first-order valence-corrected chi connectivity index (χ1v) is 7.67. The Kier molecular flexibility index (Phi) is 3.26. The van der Waals surface area contributed by atoms with Gasteiger partial charge in [0.1, 0.15) is 11.3 Å². The molecule has 6 nitrogen and oxygen atoms in total. The van der Waals surface area contributed by atoms with Gasteiger partial charge in [-0.15, -0.1) is 0 Å². The van der Waals surface area contributed by atoms with Crippen molar-refractivity contribution in [2.75, 3.05) is 13.2 Å². The fraction of sp³-hybridized carbons (Fsp3) is 0.500. The monoisotopic (exact) mass is 302 g/mol. The first kappa shape index (κ1) is 13.6. The number of carboxylic acid groups (broad SMARTS) is 1. The Morgan fingerprint density at radius 1 is 1.41 bits per heavy atom. The molecule has 1 atom stereocenters. The zero-order valence-corrected chi connectivity index (χ0v) is 12.2. The zero-order chi connectivity index (χ0) is 15.1. The summed E-state index contributed by atoms with van der Waals surface area (Å²) < 4.78 is 13.2. The fourth-order valence-electron chi connectivity index (χ4n) is 2.65. The highest BCUT2D eigenvalue weighted by Gasteiger charge is 2.24. The summed E-state index contributed by atoms with van der Waals surface area (Å²) in [6.45, 7) is 2.13. The van der Waals surface area contributed by atoms with E-state index in [2.05, 4.69) is 4.98 Å². The van der Waals surface area contributed by atoms with Crippen molar-refractivity contribution < 1.29 is 19.4 Å². The number of imidazole rings is 1. The van der Waals surface area contributed by atoms with Crippen LogP contribution in [0.5, 0.6) is 5.75 Å². The van der Waals surface area contributed by atoms with E-state index in [0.717, 1.165) is 24.1 Å². The number of hydrogen-bond donors (Lipinski definition) is 1. The van der Waals surface area contributed by atoms with Crippen molar-refractivity contribution in [3.63, 3.8) is 0 Å². The minimum atomic E-state index is -0.953. The van der Waals surface area contributed by atoms with Crippen LogP contribution in [-0.2, 0) is 11.3 Å². The minimum absolute atomic E-state index is 0.196. The van der Waals surface area contributed by atoms with Crippen LogP contribution in [-0.4, -0.2) is 39.9 Å². The number of nitrogens with zero attached hydrogens (tertiary/aromatic N) is 2. The van der Waals surface area contributed by atoms with Crippen LogP contribution in [0, 0.1) is 5.92 Å². The van der Waals surface area contributed by atoms with Gasteiger partial charge in [0.2, 0.25) is 0 Å². The highest BCUT2D eigenvalue weighted by molar-refractivity contribution is 5.95. The topological polar surface area (TPSA) is 73.6 Å². The highest BCUT2D eigenvalue weighted by Crippen LogP contribution is 2.32. The lowest BCUT2D eigenvalue weighted by molar-refractivity contribution is -0.0586. The second-order valence-corrected chi connectivity index (χ2v) is 6.08. The van der Waals surface area contributed by atoms with Crippen LogP contribution in [0.25, 0.3) is 11.0 Å². The Morgan fingerprint density at radius 3 is 2.86 bits per heavy atom. The molecule has 0 spiro atoms. The van der Waals surface area contributed by atoms with Gasteiger partial charge < -0.3 is 19.1 Å². The molecule has 2 heterocycles. The number of hydrogen-bond acceptors (Lipinski definition) is 4. The Morgan fingerprint density at radius 2 is 2.23 bits per heavy atom. The smallest absolute Gasteiger partial charge is 0.335 e. The number of carboxylic acids is 1. The van der Waals surface area contributed by atoms with Gasteiger partial charge in [0.05, 0.1) is 36.7 Å². The number of fused-ring (bicyclic) bond motifs is 1. The predicted octanol–water partition coefficient (Wildman–Crippen LogP) is 2.31. The van der Waals surface area contributed by atoms with E-state index < -0.39 is 5.97 Å². The molecule has 2 aromatic rings. The molecule has 2 fully saturated rings. The van der Waals surface area contributed by atoms with Crippen LogP contribution in [0.2, 0.25) is 0 Å². The van der Waals surface area contributed by atoms with Gasteiger partial charge in [0, 0.05) is 6.61 Å². The van der Waals surface area contributed by atoms with E-state index in [9.17, 15) is 9.90 Å². The number of rotatable bonds is 6. The Bertz CT molecular complexity index is 716. The zero-order valence-electron chi connectivity index (χ0n) is 12.2. The first-order chi connectivity index (χ1) is 10.7. The average Bonchev–Trinajstić information content (AvgIpc) is 3.20. The molecular formula is C16H18N2O4. The molecule has 116 valence electrons. The van der Waals surface area contributed by atoms with Gasteiger partial charge in [-0.05, 0) is 37.3 Å². The van der Waals surface area contributed by atoms with Crippen LogP contribution in [0.15, 0.2) is 18.5 Å². The van der Waals surface area contributed by atoms with Crippen LogP contribution in [0.4, 0.5) is 0 Å². The number of ether oxygens (including phenoxy) is 2. The molecule has 0 amide bonds. The maximum atomic E-state index is 11.4. The van der Waals surface area contributed by atoms with Crippen molar-refractivity contribution in [1.29, 1.82) is 0 Å². The summed E-state index contributed by atoms with van der Waals surface area (Å²) in [5.74, 6) is 0.217. The van der Waals surface area contributed by atoms with Gasteiger partial charge in [-0.1, -0.05) is 0 Å². The largest absolute Gasteiger partial charge is 0.491 e. The second kappa shape index (κ2) is 5.28. The molecule has 1 unspecified atom stereocenters. The lowest BCUT2D eigenvalue weighted by Gasteiger charge is -2.26. The molecular weight excluding hydrogens is 284 g/mol. The van der Waals surface area contributed by atoms with Crippen molar-refractivity contribution in [2.45, 2.75) is 31.9 Å². The molecule has 1 aliphatic heterocycles. The van der Waals surface area contributed by atoms with E-state index in [-0.39, 0.29) is 11.7 Å². The van der Waals surface area contributed by atoms with Gasteiger partial charge in [-0.3, -0.25) is 0 Å². The lowest BCUT2D eigenvalue weighted by atomic mass is 10.1. The van der Waals surface area contributed by atoms with E-state index in [1.807, 2.05) is 4.57 Å². The molecule has 1 aromatic heterocycles. The molecule has 2 aliphatic rings. The fourth-order valence-corrected chi connectivity index (χ4v) is 2.65. The summed E-state index contributed by atoms with van der Waals surface area (Å²) in [5, 5.41) is 9.32. The molecule has 0 bridgehead atoms. The molecule has 4 rings (SSSR count). The second-order valence-electron chi connectivity index (χ2n) is 6.08. The van der Waals surface area contributed by atoms with Gasteiger partial charge >= 0.3 is 5.97 Å². The summed E-state index contributed by atoms with van der Waals surface area (Å²) in [7, 11) is 0. The van der Waals surface area contributed by atoms with Crippen molar-refractivity contribution in [3.8, 4) is 5.75 Å². The maximum Gasteiger partial charge on any atom is 0.335 e. The molecule has 22 heavy (non-hydrogen) atoms. The highest BCUT2D eigenvalue weighted by atomic mass is 16.5. The predicted molar refractivity (Wildman–Crippen MR) is 79.3 cm³/mol. The number of carbonyl (C=O) groups is 1. The van der Waals surface area contributed by atoms with Crippen molar-refractivity contribution >= 4 is 17.0 Å². The standard InChI is InChI=1S/C16H18N2O4/c19-16(20)11-5-13-15(14(6-11)22-8-10-1-2-10)17-9-18(13)7-12-3-4-21-12/h5-6,9-10,12H,1-4,7-8H2,(H,19,20). The Balaban J connectivity index is 1.70. The number of aromatic nitrogens is 2. The van der Waals surface area contributed by atoms with Gasteiger partial charge in [0.25, 0.3) is 0 Å². The summed E-state index contributed by atoms with van der Waals surface area (Å²) in [6, 6.07) is 3.23. The summed E-state index contributed by atoms with van der Waals surface area (Å²) in [6.07, 6.45) is 5.34.